The molecule has 3 atom stereocenters. The van der Waals surface area contributed by atoms with Crippen molar-refractivity contribution < 1.29 is 18.0 Å². The fraction of sp³-hybridized carbons (Fsp3) is 0.455. The Hall–Kier alpha value is -2.88. The largest absolute Gasteiger partial charge is 0.405 e. The van der Waals surface area contributed by atoms with Gasteiger partial charge in [0.15, 0.2) is 5.82 Å². The molecule has 1 saturated heterocycles. The minimum absolute atomic E-state index is 0.0576. The van der Waals surface area contributed by atoms with Gasteiger partial charge in [0.1, 0.15) is 24.1 Å². The van der Waals surface area contributed by atoms with Gasteiger partial charge in [-0.1, -0.05) is 24.4 Å². The first kappa shape index (κ1) is 21.9. The molecule has 0 bridgehead atoms. The molecule has 0 radical (unpaired) electrons. The molecule has 1 saturated carbocycles. The van der Waals surface area contributed by atoms with Gasteiger partial charge in [-0.05, 0) is 37.3 Å². The van der Waals surface area contributed by atoms with Crippen molar-refractivity contribution in [2.45, 2.75) is 50.4 Å². The average Bonchev–Trinajstić information content (AvgIpc) is 3.38. The molecule has 2 fully saturated rings. The second kappa shape index (κ2) is 8.48. The maximum Gasteiger partial charge on any atom is 0.405 e. The van der Waals surface area contributed by atoms with Crippen LogP contribution in [0.3, 0.4) is 0 Å². The number of nitrogens with one attached hydrogen (secondary N) is 2. The highest BCUT2D eigenvalue weighted by atomic mass is 35.5. The van der Waals surface area contributed by atoms with E-state index in [1.54, 1.807) is 30.7 Å². The summed E-state index contributed by atoms with van der Waals surface area (Å²) in [6.45, 7) is -1.34. The first-order valence-electron chi connectivity index (χ1n) is 10.9. The molecule has 4 heterocycles. The van der Waals surface area contributed by atoms with Gasteiger partial charge in [0.05, 0.1) is 5.02 Å². The van der Waals surface area contributed by atoms with Crippen LogP contribution in [-0.4, -0.2) is 50.6 Å². The lowest BCUT2D eigenvalue weighted by Gasteiger charge is -2.34. The summed E-state index contributed by atoms with van der Waals surface area (Å²) >= 11 is 6.11. The number of alkyl halides is 3. The van der Waals surface area contributed by atoms with Crippen LogP contribution in [0.1, 0.15) is 32.1 Å². The van der Waals surface area contributed by atoms with Crippen LogP contribution in [0.5, 0.6) is 0 Å². The van der Waals surface area contributed by atoms with Crippen LogP contribution in [0.2, 0.25) is 5.02 Å². The molecule has 3 aromatic heterocycles. The summed E-state index contributed by atoms with van der Waals surface area (Å²) in [6, 6.07) is 2.83. The van der Waals surface area contributed by atoms with Gasteiger partial charge in [-0.15, -0.1) is 0 Å². The fourth-order valence-electron chi connectivity index (χ4n) is 5.11. The maximum absolute atomic E-state index is 12.8. The van der Waals surface area contributed by atoms with E-state index in [0.717, 1.165) is 31.1 Å². The van der Waals surface area contributed by atoms with Gasteiger partial charge < -0.3 is 15.2 Å². The Balaban J connectivity index is 1.50. The number of pyridine rings is 1. The van der Waals surface area contributed by atoms with Gasteiger partial charge in [0.2, 0.25) is 5.91 Å². The Labute approximate surface area is 192 Å². The van der Waals surface area contributed by atoms with Gasteiger partial charge in [-0.25, -0.2) is 15.0 Å². The van der Waals surface area contributed by atoms with Crippen LogP contribution < -0.4 is 10.2 Å². The number of hydrogen-bond donors (Lipinski definition) is 2. The number of fused-ring (bicyclic) bond motifs is 2. The zero-order valence-electron chi connectivity index (χ0n) is 17.6. The van der Waals surface area contributed by atoms with Crippen LogP contribution in [0, 0.1) is 5.92 Å². The lowest BCUT2D eigenvalue weighted by molar-refractivity contribution is -0.139. The quantitative estimate of drug-likeness (QED) is 0.577. The summed E-state index contributed by atoms with van der Waals surface area (Å²) in [7, 11) is 0. The third-order valence-electron chi connectivity index (χ3n) is 6.50. The Bertz CT molecular complexity index is 1180. The van der Waals surface area contributed by atoms with E-state index in [2.05, 4.69) is 20.3 Å². The third kappa shape index (κ3) is 4.36. The molecular weight excluding hydrogens is 457 g/mol. The van der Waals surface area contributed by atoms with Crippen molar-refractivity contribution in [1.82, 2.24) is 25.3 Å². The number of aromatic amines is 1. The molecule has 11 heteroatoms. The van der Waals surface area contributed by atoms with Crippen molar-refractivity contribution >= 4 is 34.4 Å². The molecule has 2 N–H and O–H groups in total. The van der Waals surface area contributed by atoms with Crippen molar-refractivity contribution in [3.8, 4) is 11.4 Å². The van der Waals surface area contributed by atoms with E-state index >= 15 is 0 Å². The predicted molar refractivity (Wildman–Crippen MR) is 118 cm³/mol. The van der Waals surface area contributed by atoms with E-state index in [4.69, 9.17) is 16.6 Å². The summed E-state index contributed by atoms with van der Waals surface area (Å²) in [5.74, 6) is 0.585. The highest BCUT2D eigenvalue weighted by Gasteiger charge is 2.46. The van der Waals surface area contributed by atoms with Gasteiger partial charge in [-0.2, -0.15) is 13.2 Å². The van der Waals surface area contributed by atoms with E-state index in [0.29, 0.717) is 34.3 Å². The number of aromatic nitrogens is 4. The van der Waals surface area contributed by atoms with Gasteiger partial charge in [-0.3, -0.25) is 4.79 Å². The van der Waals surface area contributed by atoms with Crippen molar-refractivity contribution in [1.29, 1.82) is 0 Å². The Morgan fingerprint density at radius 1 is 1.27 bits per heavy atom. The monoisotopic (exact) mass is 478 g/mol. The number of rotatable bonds is 4. The Morgan fingerprint density at radius 2 is 2.09 bits per heavy atom. The summed E-state index contributed by atoms with van der Waals surface area (Å²) in [4.78, 5) is 31.2. The van der Waals surface area contributed by atoms with Crippen molar-refractivity contribution in [2.75, 3.05) is 11.4 Å². The molecule has 1 aliphatic heterocycles. The molecule has 33 heavy (non-hydrogen) atoms. The fourth-order valence-corrected chi connectivity index (χ4v) is 5.27. The third-order valence-corrected chi connectivity index (χ3v) is 6.70. The normalized spacial score (nSPS) is 23.0. The minimum Gasteiger partial charge on any atom is -0.345 e. The number of nitrogens with zero attached hydrogens (tertiary/aromatic N) is 4. The number of H-pyrrole nitrogens is 1. The minimum atomic E-state index is -4.46. The molecule has 2 aliphatic rings. The number of halogens is 4. The molecular formula is C22H22ClF3N6O. The van der Waals surface area contributed by atoms with Crippen molar-refractivity contribution in [2.24, 2.45) is 5.92 Å². The van der Waals surface area contributed by atoms with E-state index in [1.165, 1.54) is 0 Å². The lowest BCUT2D eigenvalue weighted by Crippen LogP contribution is -2.49. The van der Waals surface area contributed by atoms with E-state index in [9.17, 15) is 18.0 Å². The molecule has 1 amide bonds. The van der Waals surface area contributed by atoms with Crippen LogP contribution in [0.15, 0.2) is 30.7 Å². The summed E-state index contributed by atoms with van der Waals surface area (Å²) < 4.78 is 38.2. The highest BCUT2D eigenvalue weighted by Crippen LogP contribution is 2.42. The number of carbonyl (C=O) groups excluding carboxylic acids is 1. The topological polar surface area (TPSA) is 86.8 Å². The molecule has 0 spiro atoms. The van der Waals surface area contributed by atoms with Crippen LogP contribution in [0.4, 0.5) is 19.0 Å². The standard InChI is InChI=1S/C22H22ClF3N6O/c23-13-8-14-15(10-29-19(14)28-9-13)20-27-6-5-18(31-20)32-16-4-2-1-3-12(16)7-17(32)21(33)30-11-22(24,25)26/h5-6,8-10,12,16-17H,1-4,7,11H2,(H,28,29)(H,30,33)/t12-,16-,17-/m0/s1. The molecule has 174 valence electrons. The second-order valence-electron chi connectivity index (χ2n) is 8.59. The SMILES string of the molecule is O=C(NCC(F)(F)F)[C@@H]1C[C@@H]2CCCC[C@@H]2N1c1ccnc(-c2c[nH]c3ncc(Cl)cc23)n1. The first-order chi connectivity index (χ1) is 15.8. The van der Waals surface area contributed by atoms with Crippen molar-refractivity contribution in [3.63, 3.8) is 0 Å². The molecule has 0 unspecified atom stereocenters. The zero-order chi connectivity index (χ0) is 23.2. The van der Waals surface area contributed by atoms with Gasteiger partial charge in [0.25, 0.3) is 0 Å². The number of amides is 1. The second-order valence-corrected chi connectivity index (χ2v) is 9.03. The lowest BCUT2D eigenvalue weighted by atomic mass is 9.84. The summed E-state index contributed by atoms with van der Waals surface area (Å²) in [5.41, 5.74) is 1.35. The summed E-state index contributed by atoms with van der Waals surface area (Å²) in [5, 5.41) is 3.31. The predicted octanol–water partition coefficient (Wildman–Crippen LogP) is 4.49. The zero-order valence-corrected chi connectivity index (χ0v) is 18.3. The van der Waals surface area contributed by atoms with Gasteiger partial charge in [0, 0.05) is 35.6 Å². The molecule has 5 rings (SSSR count). The van der Waals surface area contributed by atoms with Crippen LogP contribution in [-0.2, 0) is 4.79 Å². The van der Waals surface area contributed by atoms with E-state index in [-0.39, 0.29) is 12.0 Å². The molecule has 0 aromatic carbocycles. The average molecular weight is 479 g/mol. The van der Waals surface area contributed by atoms with E-state index in [1.807, 2.05) is 4.90 Å². The molecule has 7 nitrogen and oxygen atoms in total. The molecule has 3 aromatic rings. The highest BCUT2D eigenvalue weighted by molar-refractivity contribution is 6.31. The van der Waals surface area contributed by atoms with Crippen molar-refractivity contribution in [3.05, 3.63) is 35.7 Å². The maximum atomic E-state index is 12.8. The first-order valence-corrected chi connectivity index (χ1v) is 11.3. The number of carbonyl (C=O) groups is 1. The summed E-state index contributed by atoms with van der Waals surface area (Å²) in [6.07, 6.45) is 4.85. The van der Waals surface area contributed by atoms with Gasteiger partial charge >= 0.3 is 6.18 Å². The number of hydrogen-bond acceptors (Lipinski definition) is 5. The Morgan fingerprint density at radius 3 is 2.91 bits per heavy atom. The Kier molecular flexibility index (Phi) is 5.64. The number of anilines is 1. The van der Waals surface area contributed by atoms with E-state index < -0.39 is 24.7 Å². The smallest absolute Gasteiger partial charge is 0.345 e. The molecule has 1 aliphatic carbocycles. The van der Waals surface area contributed by atoms with Crippen LogP contribution >= 0.6 is 11.6 Å². The van der Waals surface area contributed by atoms with Crippen LogP contribution in [0.25, 0.3) is 22.4 Å².